The molecule has 2 aromatic rings. The molecule has 0 bridgehead atoms. The van der Waals surface area contributed by atoms with Crippen LogP contribution in [0.25, 0.3) is 0 Å². The Morgan fingerprint density at radius 1 is 1.32 bits per heavy atom. The normalized spacial score (nSPS) is 19.4. The first-order valence-corrected chi connectivity index (χ1v) is 6.60. The molecule has 98 valence electrons. The molecule has 1 fully saturated rings. The Morgan fingerprint density at radius 3 is 3.00 bits per heavy atom. The van der Waals surface area contributed by atoms with Crippen molar-refractivity contribution in [2.75, 3.05) is 6.54 Å². The maximum Gasteiger partial charge on any atom is 0.257 e. The summed E-state index contributed by atoms with van der Waals surface area (Å²) in [5.41, 5.74) is 1.59. The number of rotatable bonds is 2. The van der Waals surface area contributed by atoms with Gasteiger partial charge in [-0.15, -0.1) is 0 Å². The van der Waals surface area contributed by atoms with Crippen molar-refractivity contribution in [2.45, 2.75) is 25.3 Å². The zero-order valence-electron chi connectivity index (χ0n) is 10.7. The molecular formula is C15H16N2O2. The Hall–Kier alpha value is -2.10. The van der Waals surface area contributed by atoms with Crippen LogP contribution in [0.5, 0.6) is 0 Å². The highest BCUT2D eigenvalue weighted by Crippen LogP contribution is 2.30. The van der Waals surface area contributed by atoms with Gasteiger partial charge >= 0.3 is 0 Å². The van der Waals surface area contributed by atoms with E-state index in [4.69, 9.17) is 4.42 Å². The minimum atomic E-state index is 0.0316. The summed E-state index contributed by atoms with van der Waals surface area (Å²) in [6.07, 6.45) is 7.98. The second-order valence-corrected chi connectivity index (χ2v) is 4.78. The van der Waals surface area contributed by atoms with Crippen LogP contribution >= 0.6 is 0 Å². The van der Waals surface area contributed by atoms with E-state index in [9.17, 15) is 4.79 Å². The molecule has 1 amide bonds. The largest absolute Gasteiger partial charge is 0.472 e. The van der Waals surface area contributed by atoms with Gasteiger partial charge in [-0.25, -0.2) is 0 Å². The summed E-state index contributed by atoms with van der Waals surface area (Å²) in [7, 11) is 0. The van der Waals surface area contributed by atoms with E-state index in [0.717, 1.165) is 31.5 Å². The van der Waals surface area contributed by atoms with Gasteiger partial charge in [0.05, 0.1) is 23.6 Å². The third-order valence-electron chi connectivity index (χ3n) is 3.56. The van der Waals surface area contributed by atoms with Crippen molar-refractivity contribution in [1.82, 2.24) is 9.88 Å². The summed E-state index contributed by atoms with van der Waals surface area (Å²) >= 11 is 0. The van der Waals surface area contributed by atoms with Gasteiger partial charge in [-0.05, 0) is 37.5 Å². The molecule has 1 aliphatic rings. The van der Waals surface area contributed by atoms with E-state index in [-0.39, 0.29) is 11.9 Å². The fourth-order valence-corrected chi connectivity index (χ4v) is 2.61. The maximum atomic E-state index is 12.5. The lowest BCUT2D eigenvalue weighted by molar-refractivity contribution is 0.0605. The standard InChI is InChI=1S/C15H16N2O2/c18-15(12-7-10-19-11-12)17-9-4-2-6-14(17)13-5-1-3-8-16-13/h1,3,5,7-8,10-11,14H,2,4,6,9H2. The van der Waals surface area contributed by atoms with Crippen LogP contribution in [0.4, 0.5) is 0 Å². The quantitative estimate of drug-likeness (QED) is 0.829. The molecule has 2 aromatic heterocycles. The fourth-order valence-electron chi connectivity index (χ4n) is 2.61. The topological polar surface area (TPSA) is 46.3 Å². The van der Waals surface area contributed by atoms with Crippen LogP contribution in [-0.2, 0) is 0 Å². The van der Waals surface area contributed by atoms with Gasteiger partial charge in [0.1, 0.15) is 6.26 Å². The molecule has 1 atom stereocenters. The van der Waals surface area contributed by atoms with Crippen LogP contribution in [-0.4, -0.2) is 22.3 Å². The third-order valence-corrected chi connectivity index (χ3v) is 3.56. The van der Waals surface area contributed by atoms with Gasteiger partial charge < -0.3 is 9.32 Å². The van der Waals surface area contributed by atoms with E-state index < -0.39 is 0 Å². The fraction of sp³-hybridized carbons (Fsp3) is 0.333. The summed E-state index contributed by atoms with van der Waals surface area (Å²) in [5.74, 6) is 0.0316. The van der Waals surface area contributed by atoms with Gasteiger partial charge in [-0.1, -0.05) is 6.07 Å². The first-order valence-electron chi connectivity index (χ1n) is 6.60. The van der Waals surface area contributed by atoms with E-state index in [2.05, 4.69) is 4.98 Å². The first kappa shape index (κ1) is 12.0. The van der Waals surface area contributed by atoms with Crippen molar-refractivity contribution in [3.63, 3.8) is 0 Å². The number of hydrogen-bond donors (Lipinski definition) is 0. The smallest absolute Gasteiger partial charge is 0.257 e. The number of piperidine rings is 1. The predicted molar refractivity (Wildman–Crippen MR) is 70.6 cm³/mol. The minimum Gasteiger partial charge on any atom is -0.472 e. The molecule has 4 nitrogen and oxygen atoms in total. The lowest BCUT2D eigenvalue weighted by Crippen LogP contribution is -2.38. The second kappa shape index (κ2) is 5.26. The maximum absolute atomic E-state index is 12.5. The second-order valence-electron chi connectivity index (χ2n) is 4.78. The molecule has 0 spiro atoms. The summed E-state index contributed by atoms with van der Waals surface area (Å²) in [6, 6.07) is 7.65. The first-order chi connectivity index (χ1) is 9.36. The van der Waals surface area contributed by atoms with Crippen molar-refractivity contribution in [2.24, 2.45) is 0 Å². The number of hydrogen-bond acceptors (Lipinski definition) is 3. The Balaban J connectivity index is 1.87. The summed E-state index contributed by atoms with van der Waals surface area (Å²) in [5, 5.41) is 0. The Bertz CT molecular complexity index is 537. The number of likely N-dealkylation sites (tertiary alicyclic amines) is 1. The molecule has 0 N–H and O–H groups in total. The molecule has 3 rings (SSSR count). The molecule has 1 saturated heterocycles. The lowest BCUT2D eigenvalue weighted by atomic mass is 9.98. The SMILES string of the molecule is O=C(c1ccoc1)N1CCCCC1c1ccccn1. The van der Waals surface area contributed by atoms with Crippen LogP contribution in [0.1, 0.15) is 41.4 Å². The molecule has 0 aliphatic carbocycles. The Labute approximate surface area is 112 Å². The van der Waals surface area contributed by atoms with Crippen molar-refractivity contribution < 1.29 is 9.21 Å². The van der Waals surface area contributed by atoms with Crippen LogP contribution in [0.2, 0.25) is 0 Å². The van der Waals surface area contributed by atoms with Crippen LogP contribution in [0, 0.1) is 0 Å². The molecule has 0 radical (unpaired) electrons. The van der Waals surface area contributed by atoms with Crippen molar-refractivity contribution in [3.05, 3.63) is 54.2 Å². The Kier molecular flexibility index (Phi) is 3.31. The van der Waals surface area contributed by atoms with E-state index in [1.807, 2.05) is 23.1 Å². The zero-order chi connectivity index (χ0) is 13.1. The molecular weight excluding hydrogens is 240 g/mol. The van der Waals surface area contributed by atoms with E-state index in [1.165, 1.54) is 12.5 Å². The average molecular weight is 256 g/mol. The van der Waals surface area contributed by atoms with E-state index in [1.54, 1.807) is 12.3 Å². The molecule has 1 aliphatic heterocycles. The van der Waals surface area contributed by atoms with Crippen molar-refractivity contribution in [1.29, 1.82) is 0 Å². The van der Waals surface area contributed by atoms with Crippen LogP contribution in [0.15, 0.2) is 47.4 Å². The summed E-state index contributed by atoms with van der Waals surface area (Å²) in [6.45, 7) is 0.783. The highest BCUT2D eigenvalue weighted by Gasteiger charge is 2.29. The molecule has 0 saturated carbocycles. The number of nitrogens with zero attached hydrogens (tertiary/aromatic N) is 2. The minimum absolute atomic E-state index is 0.0316. The lowest BCUT2D eigenvalue weighted by Gasteiger charge is -2.35. The van der Waals surface area contributed by atoms with Gasteiger partial charge in [-0.2, -0.15) is 0 Å². The van der Waals surface area contributed by atoms with Gasteiger partial charge in [0.15, 0.2) is 0 Å². The van der Waals surface area contributed by atoms with Gasteiger partial charge in [-0.3, -0.25) is 9.78 Å². The molecule has 19 heavy (non-hydrogen) atoms. The molecule has 3 heterocycles. The highest BCUT2D eigenvalue weighted by atomic mass is 16.3. The van der Waals surface area contributed by atoms with Crippen LogP contribution < -0.4 is 0 Å². The summed E-state index contributed by atoms with van der Waals surface area (Å²) in [4.78, 5) is 18.8. The van der Waals surface area contributed by atoms with E-state index in [0.29, 0.717) is 5.56 Å². The number of aromatic nitrogens is 1. The number of carbonyl (C=O) groups is 1. The monoisotopic (exact) mass is 256 g/mol. The van der Waals surface area contributed by atoms with Crippen LogP contribution in [0.3, 0.4) is 0 Å². The molecule has 1 unspecified atom stereocenters. The number of furan rings is 1. The number of amides is 1. The average Bonchev–Trinajstić information content (AvgIpc) is 3.02. The van der Waals surface area contributed by atoms with Crippen molar-refractivity contribution in [3.8, 4) is 0 Å². The van der Waals surface area contributed by atoms with Gasteiger partial charge in [0.2, 0.25) is 0 Å². The zero-order valence-corrected chi connectivity index (χ0v) is 10.7. The Morgan fingerprint density at radius 2 is 2.26 bits per heavy atom. The van der Waals surface area contributed by atoms with E-state index >= 15 is 0 Å². The highest BCUT2D eigenvalue weighted by molar-refractivity contribution is 5.94. The third kappa shape index (κ3) is 2.38. The summed E-state index contributed by atoms with van der Waals surface area (Å²) < 4.78 is 5.00. The molecule has 4 heteroatoms. The van der Waals surface area contributed by atoms with Gasteiger partial charge in [0, 0.05) is 12.7 Å². The number of carbonyl (C=O) groups excluding carboxylic acids is 1. The number of pyridine rings is 1. The van der Waals surface area contributed by atoms with Crippen molar-refractivity contribution >= 4 is 5.91 Å². The molecule has 0 aromatic carbocycles. The van der Waals surface area contributed by atoms with Gasteiger partial charge in [0.25, 0.3) is 5.91 Å². The predicted octanol–water partition coefficient (Wildman–Crippen LogP) is 3.04.